The third-order valence-corrected chi connectivity index (χ3v) is 8.79. The van der Waals surface area contributed by atoms with Crippen molar-refractivity contribution >= 4 is 27.5 Å². The van der Waals surface area contributed by atoms with Crippen LogP contribution in [0.15, 0.2) is 53.4 Å². The fraction of sp³-hybridized carbons (Fsp3) is 0.462. The Balaban J connectivity index is 1.31. The van der Waals surface area contributed by atoms with Crippen molar-refractivity contribution in [3.05, 3.63) is 59.7 Å². The van der Waals surface area contributed by atoms with E-state index in [0.717, 1.165) is 19.3 Å². The van der Waals surface area contributed by atoms with Gasteiger partial charge in [-0.05, 0) is 61.9 Å². The average molecular weight is 484 g/mol. The number of anilines is 1. The molecule has 0 spiro atoms. The largest absolute Gasteiger partial charge is 0.342 e. The van der Waals surface area contributed by atoms with E-state index in [1.807, 2.05) is 6.92 Å². The smallest absolute Gasteiger partial charge is 0.243 e. The first-order valence-electron chi connectivity index (χ1n) is 12.0. The summed E-state index contributed by atoms with van der Waals surface area (Å²) in [4.78, 5) is 27.2. The van der Waals surface area contributed by atoms with Crippen LogP contribution in [0.5, 0.6) is 0 Å². The van der Waals surface area contributed by atoms with Crippen LogP contribution in [0.4, 0.5) is 5.69 Å². The number of likely N-dealkylation sites (tertiary alicyclic amines) is 1. The molecule has 2 saturated heterocycles. The predicted molar refractivity (Wildman–Crippen MR) is 132 cm³/mol. The number of amides is 2. The highest BCUT2D eigenvalue weighted by molar-refractivity contribution is 7.89. The van der Waals surface area contributed by atoms with E-state index in [1.54, 1.807) is 17.0 Å². The van der Waals surface area contributed by atoms with Gasteiger partial charge in [-0.3, -0.25) is 9.59 Å². The van der Waals surface area contributed by atoms with Gasteiger partial charge in [-0.1, -0.05) is 36.8 Å². The number of rotatable bonds is 7. The van der Waals surface area contributed by atoms with Crippen LogP contribution in [0.25, 0.3) is 0 Å². The quantitative estimate of drug-likeness (QED) is 0.654. The Kier molecular flexibility index (Phi) is 7.38. The van der Waals surface area contributed by atoms with Gasteiger partial charge < -0.3 is 10.2 Å². The monoisotopic (exact) mass is 483 g/mol. The molecule has 2 aliphatic heterocycles. The van der Waals surface area contributed by atoms with E-state index in [2.05, 4.69) is 36.5 Å². The lowest BCUT2D eigenvalue weighted by Gasteiger charge is -2.29. The van der Waals surface area contributed by atoms with Crippen molar-refractivity contribution in [1.82, 2.24) is 9.21 Å². The third kappa shape index (κ3) is 5.67. The zero-order valence-electron chi connectivity index (χ0n) is 19.9. The summed E-state index contributed by atoms with van der Waals surface area (Å²) < 4.78 is 27.3. The summed E-state index contributed by atoms with van der Waals surface area (Å²) in [6.45, 7) is 6.25. The number of nitrogens with one attached hydrogen (secondary N) is 1. The molecule has 182 valence electrons. The van der Waals surface area contributed by atoms with E-state index in [1.165, 1.54) is 27.6 Å². The number of carbonyl (C=O) groups excluding carboxylic acids is 2. The lowest BCUT2D eigenvalue weighted by atomic mass is 10.0. The van der Waals surface area contributed by atoms with Crippen molar-refractivity contribution < 1.29 is 18.0 Å². The van der Waals surface area contributed by atoms with Crippen molar-refractivity contribution in [3.63, 3.8) is 0 Å². The summed E-state index contributed by atoms with van der Waals surface area (Å²) in [5.74, 6) is -0.0920. The molecule has 34 heavy (non-hydrogen) atoms. The summed E-state index contributed by atoms with van der Waals surface area (Å²) in [7, 11) is -3.52. The van der Waals surface area contributed by atoms with Crippen molar-refractivity contribution in [1.29, 1.82) is 0 Å². The topological polar surface area (TPSA) is 86.8 Å². The molecule has 8 heteroatoms. The van der Waals surface area contributed by atoms with Crippen LogP contribution in [0.1, 0.15) is 37.3 Å². The number of piperidine rings is 1. The maximum atomic E-state index is 12.9. The summed E-state index contributed by atoms with van der Waals surface area (Å²) in [5, 5.41) is 2.84. The number of hydrogen-bond donors (Lipinski definition) is 1. The fourth-order valence-corrected chi connectivity index (χ4v) is 5.98. The summed E-state index contributed by atoms with van der Waals surface area (Å²) >= 11 is 0. The van der Waals surface area contributed by atoms with E-state index in [-0.39, 0.29) is 23.1 Å². The van der Waals surface area contributed by atoms with Crippen LogP contribution < -0.4 is 5.32 Å². The molecule has 2 aromatic rings. The molecule has 1 N–H and O–H groups in total. The maximum Gasteiger partial charge on any atom is 0.243 e. The molecule has 1 atom stereocenters. The highest BCUT2D eigenvalue weighted by Gasteiger charge is 2.34. The van der Waals surface area contributed by atoms with E-state index >= 15 is 0 Å². The molecule has 0 radical (unpaired) electrons. The van der Waals surface area contributed by atoms with E-state index < -0.39 is 15.9 Å². The molecular weight excluding hydrogens is 450 g/mol. The van der Waals surface area contributed by atoms with Crippen LogP contribution >= 0.6 is 0 Å². The van der Waals surface area contributed by atoms with Crippen LogP contribution in [-0.4, -0.2) is 55.6 Å². The molecule has 0 bridgehead atoms. The number of carbonyl (C=O) groups is 2. The molecule has 4 rings (SSSR count). The molecule has 2 heterocycles. The first kappa shape index (κ1) is 24.4. The predicted octanol–water partition coefficient (Wildman–Crippen LogP) is 3.45. The number of nitrogens with zero attached hydrogens (tertiary/aromatic N) is 2. The molecule has 0 saturated carbocycles. The Morgan fingerprint density at radius 3 is 2.32 bits per heavy atom. The van der Waals surface area contributed by atoms with Crippen molar-refractivity contribution in [2.24, 2.45) is 11.8 Å². The second kappa shape index (κ2) is 10.3. The molecule has 2 fully saturated rings. The number of hydrogen-bond acceptors (Lipinski definition) is 4. The van der Waals surface area contributed by atoms with Gasteiger partial charge in [-0.15, -0.1) is 0 Å². The van der Waals surface area contributed by atoms with Gasteiger partial charge in [-0.25, -0.2) is 8.42 Å². The number of aryl methyl sites for hydroxylation is 1. The first-order chi connectivity index (χ1) is 16.2. The summed E-state index contributed by atoms with van der Waals surface area (Å²) in [5.41, 5.74) is 2.90. The highest BCUT2D eigenvalue weighted by atomic mass is 32.2. The second-order valence-electron chi connectivity index (χ2n) is 9.58. The zero-order chi connectivity index (χ0) is 24.3. The van der Waals surface area contributed by atoms with E-state index in [0.29, 0.717) is 37.8 Å². The minimum Gasteiger partial charge on any atom is -0.342 e. The number of sulfonamides is 1. The van der Waals surface area contributed by atoms with Crippen molar-refractivity contribution in [2.75, 3.05) is 31.5 Å². The first-order valence-corrected chi connectivity index (χ1v) is 13.4. The normalized spacial score (nSPS) is 20.0. The Morgan fingerprint density at radius 2 is 1.68 bits per heavy atom. The third-order valence-electron chi connectivity index (χ3n) is 6.88. The molecule has 0 aliphatic carbocycles. The van der Waals surface area contributed by atoms with Crippen LogP contribution in [0, 0.1) is 18.8 Å². The lowest BCUT2D eigenvalue weighted by Crippen LogP contribution is -2.37. The Bertz CT molecular complexity index is 1120. The molecule has 2 amide bonds. The van der Waals surface area contributed by atoms with Gasteiger partial charge in [0.1, 0.15) is 0 Å². The van der Waals surface area contributed by atoms with Gasteiger partial charge in [0.2, 0.25) is 21.8 Å². The van der Waals surface area contributed by atoms with Gasteiger partial charge >= 0.3 is 0 Å². The zero-order valence-corrected chi connectivity index (χ0v) is 20.7. The summed E-state index contributed by atoms with van der Waals surface area (Å²) in [6.07, 6.45) is 2.69. The number of benzene rings is 2. The Hall–Kier alpha value is -2.71. The Labute approximate surface area is 202 Å². The van der Waals surface area contributed by atoms with Crippen molar-refractivity contribution in [2.45, 2.75) is 44.4 Å². The maximum absolute atomic E-state index is 12.9. The van der Waals surface area contributed by atoms with Gasteiger partial charge in [0.25, 0.3) is 0 Å². The molecule has 2 aromatic carbocycles. The minimum atomic E-state index is -3.52. The van der Waals surface area contributed by atoms with Gasteiger partial charge in [0, 0.05) is 38.3 Å². The van der Waals surface area contributed by atoms with Crippen LogP contribution in [0.3, 0.4) is 0 Å². The summed E-state index contributed by atoms with van der Waals surface area (Å²) in [6, 6.07) is 14.5. The standard InChI is InChI=1S/C26H33N3O4S/c1-19-3-5-21(6-4-19)13-14-28-18-22(17-25(28)30)26(31)27-23-7-9-24(10-8-23)34(32,33)29-15-11-20(2)12-16-29/h3-10,20,22H,11-18H2,1-2H3,(H,27,31). The van der Waals surface area contributed by atoms with E-state index in [4.69, 9.17) is 0 Å². The van der Waals surface area contributed by atoms with Crippen LogP contribution in [0.2, 0.25) is 0 Å². The Morgan fingerprint density at radius 1 is 1.03 bits per heavy atom. The molecule has 2 aliphatic rings. The molecule has 7 nitrogen and oxygen atoms in total. The van der Waals surface area contributed by atoms with Gasteiger partial charge in [-0.2, -0.15) is 4.31 Å². The van der Waals surface area contributed by atoms with Gasteiger partial charge in [0.05, 0.1) is 10.8 Å². The lowest BCUT2D eigenvalue weighted by molar-refractivity contribution is -0.128. The fourth-order valence-electron chi connectivity index (χ4n) is 4.51. The molecule has 0 aromatic heterocycles. The highest BCUT2D eigenvalue weighted by Crippen LogP contribution is 2.25. The van der Waals surface area contributed by atoms with Crippen LogP contribution in [-0.2, 0) is 26.0 Å². The average Bonchev–Trinajstić information content (AvgIpc) is 3.20. The molecule has 1 unspecified atom stereocenters. The van der Waals surface area contributed by atoms with Crippen molar-refractivity contribution in [3.8, 4) is 0 Å². The van der Waals surface area contributed by atoms with E-state index in [9.17, 15) is 18.0 Å². The molecular formula is C26H33N3O4S. The van der Waals surface area contributed by atoms with Gasteiger partial charge in [0.15, 0.2) is 0 Å². The minimum absolute atomic E-state index is 0.00967. The second-order valence-corrected chi connectivity index (χ2v) is 11.5. The SMILES string of the molecule is Cc1ccc(CCN2CC(C(=O)Nc3ccc(S(=O)(=O)N4CCC(C)CC4)cc3)CC2=O)cc1.